The highest BCUT2D eigenvalue weighted by Gasteiger charge is 2.51. The maximum Gasteiger partial charge on any atom is 0.255 e. The van der Waals surface area contributed by atoms with Crippen molar-refractivity contribution in [3.8, 4) is 11.5 Å². The lowest BCUT2D eigenvalue weighted by Gasteiger charge is -2.49. The molecule has 0 saturated carbocycles. The maximum atomic E-state index is 13.4. The molecule has 0 bridgehead atoms. The molecular formula is C48H50N4O6. The Morgan fingerprint density at radius 2 is 1.67 bits per heavy atom. The number of aromatic hydroxyl groups is 1. The molecule has 11 rings (SSSR count). The van der Waals surface area contributed by atoms with Crippen LogP contribution in [0.4, 0.5) is 5.69 Å². The topological polar surface area (TPSA) is 112 Å². The summed E-state index contributed by atoms with van der Waals surface area (Å²) in [6, 6.07) is 29.4. The number of nitrogens with zero attached hydrogens (tertiary/aromatic N) is 3. The highest BCUT2D eigenvalue weighted by atomic mass is 16.5. The average molecular weight is 779 g/mol. The number of phenolic OH excluding ortho intramolecular Hbond substituents is 1. The first-order chi connectivity index (χ1) is 28.2. The molecule has 1 aliphatic carbocycles. The lowest BCUT2D eigenvalue weighted by atomic mass is 9.69. The van der Waals surface area contributed by atoms with Gasteiger partial charge in [-0.25, -0.2) is 0 Å². The number of imide groups is 1. The van der Waals surface area contributed by atoms with E-state index in [1.165, 1.54) is 33.5 Å². The smallest absolute Gasteiger partial charge is 0.255 e. The fourth-order valence-electron chi connectivity index (χ4n) is 11.7. The van der Waals surface area contributed by atoms with Crippen molar-refractivity contribution in [1.29, 1.82) is 0 Å². The van der Waals surface area contributed by atoms with Crippen LogP contribution >= 0.6 is 0 Å². The minimum absolute atomic E-state index is 0.0603. The Kier molecular flexibility index (Phi) is 8.49. The number of carbonyl (C=O) groups excluding carboxylic acids is 3. The van der Waals surface area contributed by atoms with Gasteiger partial charge in [0.15, 0.2) is 0 Å². The van der Waals surface area contributed by atoms with Crippen molar-refractivity contribution in [3.05, 3.63) is 124 Å². The molecule has 298 valence electrons. The molecular weight excluding hydrogens is 729 g/mol. The van der Waals surface area contributed by atoms with Gasteiger partial charge in [0.2, 0.25) is 11.8 Å². The van der Waals surface area contributed by atoms with Crippen LogP contribution in [0.3, 0.4) is 0 Å². The lowest BCUT2D eigenvalue weighted by Crippen LogP contribution is -2.61. The molecule has 6 heterocycles. The zero-order valence-electron chi connectivity index (χ0n) is 32.8. The molecule has 2 N–H and O–H groups in total. The summed E-state index contributed by atoms with van der Waals surface area (Å²) in [6.45, 7) is 6.66. The average Bonchev–Trinajstić information content (AvgIpc) is 3.92. The molecule has 4 saturated heterocycles. The summed E-state index contributed by atoms with van der Waals surface area (Å²) < 4.78 is 13.0. The maximum absolute atomic E-state index is 13.4. The number of rotatable bonds is 6. The zero-order valence-corrected chi connectivity index (χ0v) is 32.8. The van der Waals surface area contributed by atoms with Gasteiger partial charge in [-0.3, -0.25) is 19.7 Å². The van der Waals surface area contributed by atoms with Gasteiger partial charge in [-0.15, -0.1) is 0 Å². The third-order valence-corrected chi connectivity index (χ3v) is 14.7. The van der Waals surface area contributed by atoms with E-state index >= 15 is 0 Å². The molecule has 4 aromatic rings. The third kappa shape index (κ3) is 5.93. The number of amides is 3. The summed E-state index contributed by atoms with van der Waals surface area (Å²) in [6.07, 6.45) is 5.73. The minimum atomic E-state index is -0.628. The number of piperidine rings is 2. The van der Waals surface area contributed by atoms with Crippen molar-refractivity contribution >= 4 is 23.4 Å². The first kappa shape index (κ1) is 35.9. The Morgan fingerprint density at radius 1 is 0.862 bits per heavy atom. The number of nitrogens with one attached hydrogen (secondary N) is 1. The van der Waals surface area contributed by atoms with Crippen LogP contribution in [0.1, 0.15) is 94.1 Å². The number of likely N-dealkylation sites (tertiary alicyclic amines) is 1. The summed E-state index contributed by atoms with van der Waals surface area (Å²) in [5.74, 6) is 1.50. The molecule has 4 aromatic carbocycles. The van der Waals surface area contributed by atoms with Crippen LogP contribution in [-0.2, 0) is 32.7 Å². The van der Waals surface area contributed by atoms with Gasteiger partial charge in [0.1, 0.15) is 23.1 Å². The second-order valence-corrected chi connectivity index (χ2v) is 18.2. The van der Waals surface area contributed by atoms with Crippen LogP contribution in [-0.4, -0.2) is 90.2 Å². The van der Waals surface area contributed by atoms with E-state index in [1.54, 1.807) is 4.90 Å². The van der Waals surface area contributed by atoms with Crippen molar-refractivity contribution < 1.29 is 29.0 Å². The number of anilines is 1. The number of hydrogen-bond acceptors (Lipinski definition) is 8. The number of ether oxygens (including phenoxy) is 2. The number of aryl methyl sites for hydroxylation is 1. The molecule has 58 heavy (non-hydrogen) atoms. The first-order valence-electron chi connectivity index (χ1n) is 21.3. The fourth-order valence-corrected chi connectivity index (χ4v) is 11.7. The van der Waals surface area contributed by atoms with Crippen LogP contribution in [0.25, 0.3) is 0 Å². The molecule has 10 nitrogen and oxygen atoms in total. The largest absolute Gasteiger partial charge is 0.508 e. The molecule has 0 radical (unpaired) electrons. The Bertz CT molecular complexity index is 2300. The highest BCUT2D eigenvalue weighted by molar-refractivity contribution is 6.05. The standard InChI is InChI=1S/C48H50N4O6/c53-35-11-13-37-33(22-35)8-12-36(31-4-2-1-3-5-31)43(37)32-6-9-34(10-7-32)51-27-48(28-51)23-30(26-58-48)24-50-20-18-47(19-21-50)29-57-44-39-25-52(41-16-17-42(54)49-45(41)55)46(56)38(39)14-15-40(44)47/h1-7,9-11,13-15,22,30,36,41,43,53H,8,12,16-21,23-29H2,(H,49,54,55)/t30-,36-,41?,43+/m1/s1. The summed E-state index contributed by atoms with van der Waals surface area (Å²) in [5.41, 5.74) is 9.10. The molecule has 4 fully saturated rings. The number of hydrogen-bond donors (Lipinski definition) is 2. The van der Waals surface area contributed by atoms with Crippen LogP contribution in [0.2, 0.25) is 0 Å². The van der Waals surface area contributed by atoms with Gasteiger partial charge in [0.25, 0.3) is 5.91 Å². The molecule has 4 atom stereocenters. The molecule has 3 amide bonds. The third-order valence-electron chi connectivity index (χ3n) is 14.7. The summed E-state index contributed by atoms with van der Waals surface area (Å²) >= 11 is 0. The Morgan fingerprint density at radius 3 is 2.47 bits per heavy atom. The minimum Gasteiger partial charge on any atom is -0.508 e. The van der Waals surface area contributed by atoms with Crippen molar-refractivity contribution in [3.63, 3.8) is 0 Å². The van der Waals surface area contributed by atoms with E-state index < -0.39 is 6.04 Å². The molecule has 6 aliphatic heterocycles. The fraction of sp³-hybridized carbons (Fsp3) is 0.438. The van der Waals surface area contributed by atoms with E-state index in [9.17, 15) is 19.5 Å². The summed E-state index contributed by atoms with van der Waals surface area (Å²) in [7, 11) is 0. The van der Waals surface area contributed by atoms with Crippen LogP contribution in [0.5, 0.6) is 11.5 Å². The van der Waals surface area contributed by atoms with Gasteiger partial charge in [0.05, 0.1) is 19.8 Å². The zero-order chi connectivity index (χ0) is 39.2. The second-order valence-electron chi connectivity index (χ2n) is 18.2. The predicted molar refractivity (Wildman–Crippen MR) is 218 cm³/mol. The number of carbonyl (C=O) groups is 3. The van der Waals surface area contributed by atoms with Crippen molar-refractivity contribution in [2.24, 2.45) is 5.92 Å². The summed E-state index contributed by atoms with van der Waals surface area (Å²) in [4.78, 5) is 44.4. The van der Waals surface area contributed by atoms with Gasteiger partial charge in [-0.05, 0) is 116 Å². The number of phenols is 1. The van der Waals surface area contributed by atoms with Gasteiger partial charge < -0.3 is 29.3 Å². The van der Waals surface area contributed by atoms with Gasteiger partial charge in [0, 0.05) is 59.8 Å². The van der Waals surface area contributed by atoms with Gasteiger partial charge in [-0.2, -0.15) is 0 Å². The SMILES string of the molecule is O=C1CCC(N2Cc3c(ccc4c3OCC43CCN(C[C@@H]4COC5(C4)CN(c4ccc([C@@H]6c7ccc(O)cc7CC[C@@H]6c6ccccc6)cc4)C5)CC3)C2=O)C(=O)N1. The van der Waals surface area contributed by atoms with E-state index in [2.05, 4.69) is 81.8 Å². The van der Waals surface area contributed by atoms with Crippen molar-refractivity contribution in [2.45, 2.75) is 80.4 Å². The van der Waals surface area contributed by atoms with Gasteiger partial charge >= 0.3 is 0 Å². The lowest BCUT2D eigenvalue weighted by molar-refractivity contribution is -0.136. The molecule has 10 heteroatoms. The second kappa shape index (κ2) is 13.7. The van der Waals surface area contributed by atoms with E-state index in [0.717, 1.165) is 82.7 Å². The molecule has 0 aromatic heterocycles. The quantitative estimate of drug-likeness (QED) is 0.228. The molecule has 2 spiro atoms. The highest BCUT2D eigenvalue weighted by Crippen LogP contribution is 2.51. The molecule has 7 aliphatic rings. The van der Waals surface area contributed by atoms with E-state index in [-0.39, 0.29) is 41.1 Å². The van der Waals surface area contributed by atoms with Crippen molar-refractivity contribution in [1.82, 2.24) is 15.1 Å². The number of benzene rings is 4. The van der Waals surface area contributed by atoms with Crippen molar-refractivity contribution in [2.75, 3.05) is 50.8 Å². The van der Waals surface area contributed by atoms with Gasteiger partial charge in [-0.1, -0.05) is 54.6 Å². The Hall–Kier alpha value is -5.19. The van der Waals surface area contributed by atoms with Crippen LogP contribution < -0.4 is 15.0 Å². The van der Waals surface area contributed by atoms with E-state index in [0.29, 0.717) is 42.7 Å². The van der Waals surface area contributed by atoms with E-state index in [4.69, 9.17) is 9.47 Å². The van der Waals surface area contributed by atoms with Crippen LogP contribution in [0, 0.1) is 5.92 Å². The molecule has 1 unspecified atom stereocenters. The summed E-state index contributed by atoms with van der Waals surface area (Å²) in [5, 5.41) is 12.6. The monoisotopic (exact) mass is 778 g/mol. The Labute approximate surface area is 339 Å². The van der Waals surface area contributed by atoms with Crippen LogP contribution in [0.15, 0.2) is 84.9 Å². The van der Waals surface area contributed by atoms with E-state index in [1.807, 2.05) is 18.2 Å². The predicted octanol–water partition coefficient (Wildman–Crippen LogP) is 6.04. The first-order valence-corrected chi connectivity index (χ1v) is 21.3. The Balaban J connectivity index is 0.705. The number of fused-ring (bicyclic) bond motifs is 5. The normalized spacial score (nSPS) is 26.9.